The fourth-order valence-corrected chi connectivity index (χ4v) is 7.50. The van der Waals surface area contributed by atoms with Crippen LogP contribution < -0.4 is 5.73 Å². The summed E-state index contributed by atoms with van der Waals surface area (Å²) in [6, 6.07) is 0. The zero-order chi connectivity index (χ0) is 13.1. The molecule has 0 spiro atoms. The van der Waals surface area contributed by atoms with Gasteiger partial charge in [0.25, 0.3) is 0 Å². The molecule has 1 atom stereocenters. The molecule has 0 aromatic heterocycles. The van der Waals surface area contributed by atoms with Crippen molar-refractivity contribution in [3.63, 3.8) is 0 Å². The molecule has 4 bridgehead atoms. The Labute approximate surface area is 118 Å². The molecule has 5 fully saturated rings. The molecule has 1 unspecified atom stereocenters. The molecule has 5 saturated carbocycles. The van der Waals surface area contributed by atoms with E-state index in [1.807, 2.05) is 0 Å². The minimum absolute atomic E-state index is 0.637. The Morgan fingerprint density at radius 1 is 0.947 bits per heavy atom. The van der Waals surface area contributed by atoms with Gasteiger partial charge < -0.3 is 5.73 Å². The first-order valence-electron chi connectivity index (χ1n) is 8.87. The lowest BCUT2D eigenvalue weighted by atomic mass is 9.40. The largest absolute Gasteiger partial charge is 0.330 e. The van der Waals surface area contributed by atoms with Gasteiger partial charge in [-0.2, -0.15) is 0 Å². The van der Waals surface area contributed by atoms with Crippen LogP contribution in [-0.4, -0.2) is 6.54 Å². The molecule has 0 amide bonds. The third-order valence-corrected chi connectivity index (χ3v) is 7.89. The Bertz CT molecular complexity index is 317. The molecule has 0 radical (unpaired) electrons. The van der Waals surface area contributed by atoms with Crippen molar-refractivity contribution in [1.29, 1.82) is 0 Å². The predicted octanol–water partition coefficient (Wildman–Crippen LogP) is 4.36. The van der Waals surface area contributed by atoms with E-state index in [1.54, 1.807) is 38.5 Å². The molecular formula is C18H31N. The van der Waals surface area contributed by atoms with Crippen LogP contribution >= 0.6 is 0 Å². The van der Waals surface area contributed by atoms with Crippen LogP contribution in [0.15, 0.2) is 0 Å². The van der Waals surface area contributed by atoms with Gasteiger partial charge in [0.05, 0.1) is 0 Å². The fraction of sp³-hybridized carbons (Fsp3) is 1.00. The average Bonchev–Trinajstić information content (AvgIpc) is 2.87. The molecule has 1 nitrogen and oxygen atoms in total. The number of rotatable bonds is 3. The van der Waals surface area contributed by atoms with E-state index >= 15 is 0 Å². The zero-order valence-corrected chi connectivity index (χ0v) is 12.7. The van der Waals surface area contributed by atoms with Gasteiger partial charge in [-0.25, -0.2) is 0 Å². The van der Waals surface area contributed by atoms with E-state index < -0.39 is 0 Å². The van der Waals surface area contributed by atoms with E-state index in [1.165, 1.54) is 25.7 Å². The molecule has 0 heterocycles. The Balaban J connectivity index is 1.72. The zero-order valence-electron chi connectivity index (χ0n) is 12.7. The summed E-state index contributed by atoms with van der Waals surface area (Å²) in [6.45, 7) is 3.39. The Morgan fingerprint density at radius 2 is 1.42 bits per heavy atom. The summed E-state index contributed by atoms with van der Waals surface area (Å²) in [5.41, 5.74) is 7.51. The van der Waals surface area contributed by atoms with Gasteiger partial charge in [0.15, 0.2) is 0 Å². The maximum atomic E-state index is 6.16. The van der Waals surface area contributed by atoms with Gasteiger partial charge in [-0.05, 0) is 92.4 Å². The topological polar surface area (TPSA) is 26.0 Å². The second-order valence-electron chi connectivity index (χ2n) is 8.70. The summed E-state index contributed by atoms with van der Waals surface area (Å²) in [4.78, 5) is 0. The monoisotopic (exact) mass is 261 g/mol. The molecule has 5 aliphatic carbocycles. The highest BCUT2D eigenvalue weighted by Gasteiger charge is 2.61. The molecule has 2 N–H and O–H groups in total. The van der Waals surface area contributed by atoms with Crippen molar-refractivity contribution in [3.05, 3.63) is 0 Å². The average molecular weight is 261 g/mol. The van der Waals surface area contributed by atoms with Crippen molar-refractivity contribution in [2.45, 2.75) is 71.1 Å². The highest BCUT2D eigenvalue weighted by molar-refractivity contribution is 5.11. The summed E-state index contributed by atoms with van der Waals surface area (Å²) >= 11 is 0. The lowest BCUT2D eigenvalue weighted by molar-refractivity contribution is -0.148. The van der Waals surface area contributed by atoms with Gasteiger partial charge in [0.1, 0.15) is 0 Å². The first-order valence-corrected chi connectivity index (χ1v) is 8.87. The third-order valence-electron chi connectivity index (χ3n) is 7.89. The number of hydrogen-bond acceptors (Lipinski definition) is 1. The lowest BCUT2D eigenvalue weighted by Crippen LogP contribution is -2.56. The predicted molar refractivity (Wildman–Crippen MR) is 79.7 cm³/mol. The van der Waals surface area contributed by atoms with Gasteiger partial charge in [0.2, 0.25) is 0 Å². The van der Waals surface area contributed by atoms with Crippen LogP contribution in [0.1, 0.15) is 71.1 Å². The van der Waals surface area contributed by atoms with Crippen LogP contribution in [0, 0.1) is 34.5 Å². The summed E-state index contributed by atoms with van der Waals surface area (Å²) in [6.07, 6.45) is 15.4. The van der Waals surface area contributed by atoms with Gasteiger partial charge in [0, 0.05) is 0 Å². The number of nitrogens with two attached hydrogens (primary N) is 1. The van der Waals surface area contributed by atoms with Crippen molar-refractivity contribution < 1.29 is 0 Å². The van der Waals surface area contributed by atoms with E-state index in [-0.39, 0.29) is 0 Å². The van der Waals surface area contributed by atoms with E-state index in [2.05, 4.69) is 6.92 Å². The molecule has 5 aliphatic rings. The molecular weight excluding hydrogens is 230 g/mol. The SMILES string of the molecule is CC(CN)C1(C23CC4CC(CC(C4)C2)C3)CCCC1. The van der Waals surface area contributed by atoms with Gasteiger partial charge in [-0.3, -0.25) is 0 Å². The maximum absolute atomic E-state index is 6.16. The molecule has 108 valence electrons. The first kappa shape index (κ1) is 12.7. The van der Waals surface area contributed by atoms with E-state index in [0.717, 1.165) is 35.6 Å². The highest BCUT2D eigenvalue weighted by atomic mass is 14.7. The van der Waals surface area contributed by atoms with E-state index in [0.29, 0.717) is 5.41 Å². The summed E-state index contributed by atoms with van der Waals surface area (Å²) in [7, 11) is 0. The van der Waals surface area contributed by atoms with Crippen molar-refractivity contribution >= 4 is 0 Å². The molecule has 1 heteroatoms. The van der Waals surface area contributed by atoms with Crippen LogP contribution in [0.2, 0.25) is 0 Å². The lowest BCUT2D eigenvalue weighted by Gasteiger charge is -2.65. The molecule has 0 aliphatic heterocycles. The van der Waals surface area contributed by atoms with Crippen molar-refractivity contribution in [2.75, 3.05) is 6.54 Å². The van der Waals surface area contributed by atoms with Gasteiger partial charge >= 0.3 is 0 Å². The minimum atomic E-state index is 0.637. The van der Waals surface area contributed by atoms with E-state index in [4.69, 9.17) is 5.73 Å². The standard InChI is InChI=1S/C18H31N/c1-13(12-19)18(4-2-3-5-18)17-9-14-6-15(10-17)8-16(7-14)11-17/h13-16H,2-12,19H2,1H3. The molecule has 5 rings (SSSR count). The maximum Gasteiger partial charge on any atom is -0.00460 e. The van der Waals surface area contributed by atoms with Gasteiger partial charge in [-0.15, -0.1) is 0 Å². The van der Waals surface area contributed by atoms with Crippen LogP contribution in [0.4, 0.5) is 0 Å². The second kappa shape index (κ2) is 4.23. The molecule has 0 aromatic carbocycles. The van der Waals surface area contributed by atoms with Crippen LogP contribution in [0.25, 0.3) is 0 Å². The summed E-state index contributed by atoms with van der Waals surface area (Å²) < 4.78 is 0. The number of hydrogen-bond donors (Lipinski definition) is 1. The molecule has 19 heavy (non-hydrogen) atoms. The third kappa shape index (κ3) is 1.63. The van der Waals surface area contributed by atoms with Crippen molar-refractivity contribution in [2.24, 2.45) is 40.2 Å². The second-order valence-corrected chi connectivity index (χ2v) is 8.70. The first-order chi connectivity index (χ1) is 9.17. The Hall–Kier alpha value is -0.0400. The quantitative estimate of drug-likeness (QED) is 0.802. The van der Waals surface area contributed by atoms with E-state index in [9.17, 15) is 0 Å². The van der Waals surface area contributed by atoms with Crippen molar-refractivity contribution in [1.82, 2.24) is 0 Å². The Morgan fingerprint density at radius 3 is 1.84 bits per heavy atom. The molecule has 0 saturated heterocycles. The highest BCUT2D eigenvalue weighted by Crippen LogP contribution is 2.71. The van der Waals surface area contributed by atoms with Crippen LogP contribution in [-0.2, 0) is 0 Å². The normalized spacial score (nSPS) is 48.6. The summed E-state index contributed by atoms with van der Waals surface area (Å²) in [5.74, 6) is 4.03. The van der Waals surface area contributed by atoms with Gasteiger partial charge in [-0.1, -0.05) is 19.8 Å². The fourth-order valence-electron chi connectivity index (χ4n) is 7.50. The van der Waals surface area contributed by atoms with Crippen molar-refractivity contribution in [3.8, 4) is 0 Å². The van der Waals surface area contributed by atoms with Crippen LogP contribution in [0.5, 0.6) is 0 Å². The Kier molecular flexibility index (Phi) is 2.82. The minimum Gasteiger partial charge on any atom is -0.330 e. The summed E-state index contributed by atoms with van der Waals surface area (Å²) in [5, 5.41) is 0. The van der Waals surface area contributed by atoms with Crippen LogP contribution in [0.3, 0.4) is 0 Å². The molecule has 0 aromatic rings. The smallest absolute Gasteiger partial charge is 0.00460 e.